The second-order valence-corrected chi connectivity index (χ2v) is 3.54. The Labute approximate surface area is 104 Å². The Bertz CT molecular complexity index is 393. The van der Waals surface area contributed by atoms with E-state index in [-0.39, 0.29) is 13.0 Å². The van der Waals surface area contributed by atoms with Gasteiger partial charge in [-0.05, 0) is 12.1 Å². The van der Waals surface area contributed by atoms with Crippen molar-refractivity contribution >= 4 is 11.9 Å². The van der Waals surface area contributed by atoms with Crippen LogP contribution in [0.2, 0.25) is 0 Å². The lowest BCUT2D eigenvalue weighted by molar-refractivity contribution is -0.142. The molecule has 1 aromatic rings. The average molecular weight is 253 g/mol. The van der Waals surface area contributed by atoms with Crippen LogP contribution in [0.4, 0.5) is 0 Å². The zero-order valence-electron chi connectivity index (χ0n) is 9.96. The van der Waals surface area contributed by atoms with Crippen LogP contribution in [-0.2, 0) is 14.4 Å². The van der Waals surface area contributed by atoms with E-state index in [0.717, 1.165) is 0 Å². The maximum Gasteiger partial charge on any atom is 0.356 e. The number of hydroxylamine groups is 1. The summed E-state index contributed by atoms with van der Waals surface area (Å²) < 4.78 is 4.38. The highest BCUT2D eigenvalue weighted by Gasteiger charge is 2.12. The Morgan fingerprint density at radius 2 is 2.00 bits per heavy atom. The third-order valence-electron chi connectivity index (χ3n) is 2.12. The van der Waals surface area contributed by atoms with Crippen molar-refractivity contribution in [1.82, 2.24) is 5.48 Å². The highest BCUT2D eigenvalue weighted by Crippen LogP contribution is 2.00. The Morgan fingerprint density at radius 1 is 1.33 bits per heavy atom. The fourth-order valence-electron chi connectivity index (χ4n) is 1.18. The molecule has 0 saturated heterocycles. The normalized spacial score (nSPS) is 11.7. The van der Waals surface area contributed by atoms with Gasteiger partial charge in [-0.3, -0.25) is 4.79 Å². The van der Waals surface area contributed by atoms with Gasteiger partial charge in [-0.15, -0.1) is 0 Å². The zero-order valence-corrected chi connectivity index (χ0v) is 9.96. The Kier molecular flexibility index (Phi) is 5.83. The third kappa shape index (κ3) is 4.94. The number of hydrogen-bond donors (Lipinski definition) is 2. The fourth-order valence-corrected chi connectivity index (χ4v) is 1.18. The molecule has 1 rings (SSSR count). The molecule has 6 heteroatoms. The van der Waals surface area contributed by atoms with Crippen LogP contribution in [0.15, 0.2) is 30.3 Å². The van der Waals surface area contributed by atoms with Gasteiger partial charge in [-0.25, -0.2) is 4.79 Å². The lowest BCUT2D eigenvalue weighted by Gasteiger charge is -2.10. The van der Waals surface area contributed by atoms with Crippen LogP contribution in [-0.4, -0.2) is 36.8 Å². The van der Waals surface area contributed by atoms with E-state index in [4.69, 9.17) is 4.84 Å². The molecule has 0 bridgehead atoms. The molecule has 18 heavy (non-hydrogen) atoms. The van der Waals surface area contributed by atoms with Gasteiger partial charge in [0.05, 0.1) is 31.7 Å². The number of methoxy groups -OCH3 is 1. The molecule has 0 amide bonds. The predicted octanol–water partition coefficient (Wildman–Crippen LogP) is 0.272. The number of hydrogen-bond acceptors (Lipinski definition) is 6. The van der Waals surface area contributed by atoms with Crippen molar-refractivity contribution in [2.75, 3.05) is 13.7 Å². The van der Waals surface area contributed by atoms with Gasteiger partial charge in [0.2, 0.25) is 0 Å². The van der Waals surface area contributed by atoms with Gasteiger partial charge < -0.3 is 14.7 Å². The molecule has 0 aliphatic carbocycles. The molecule has 2 N–H and O–H groups in total. The molecule has 0 heterocycles. The molecule has 0 aromatic heterocycles. The summed E-state index contributed by atoms with van der Waals surface area (Å²) in [7, 11) is 1.23. The molecule has 0 fully saturated rings. The Balaban J connectivity index is 2.26. The summed E-state index contributed by atoms with van der Waals surface area (Å²) in [6.07, 6.45) is -1.13. The van der Waals surface area contributed by atoms with E-state index in [2.05, 4.69) is 10.2 Å². The van der Waals surface area contributed by atoms with E-state index in [0.29, 0.717) is 5.56 Å². The van der Waals surface area contributed by atoms with E-state index < -0.39 is 18.0 Å². The summed E-state index contributed by atoms with van der Waals surface area (Å²) in [6, 6.07) is 8.42. The number of carbonyl (C=O) groups excluding carboxylic acids is 2. The van der Waals surface area contributed by atoms with Crippen molar-refractivity contribution in [1.29, 1.82) is 0 Å². The van der Waals surface area contributed by atoms with Crippen LogP contribution >= 0.6 is 0 Å². The molecule has 98 valence electrons. The highest BCUT2D eigenvalue weighted by atomic mass is 16.7. The molecule has 6 nitrogen and oxygen atoms in total. The molecular weight excluding hydrogens is 238 g/mol. The molecule has 1 atom stereocenters. The SMILES string of the molecule is COC(=O)C[C@H](O)CNOC(=O)c1ccccc1. The first kappa shape index (κ1) is 14.1. The maximum atomic E-state index is 11.4. The number of nitrogens with one attached hydrogen (secondary N) is 1. The van der Waals surface area contributed by atoms with Crippen LogP contribution in [0.3, 0.4) is 0 Å². The monoisotopic (exact) mass is 253 g/mol. The fraction of sp³-hybridized carbons (Fsp3) is 0.333. The number of carbonyl (C=O) groups is 2. The number of esters is 1. The van der Waals surface area contributed by atoms with E-state index in [1.165, 1.54) is 7.11 Å². The zero-order chi connectivity index (χ0) is 13.4. The van der Waals surface area contributed by atoms with Crippen LogP contribution in [0.5, 0.6) is 0 Å². The first-order chi connectivity index (χ1) is 8.63. The Hall–Kier alpha value is -1.92. The van der Waals surface area contributed by atoms with E-state index in [9.17, 15) is 14.7 Å². The van der Waals surface area contributed by atoms with Gasteiger partial charge in [0, 0.05) is 0 Å². The lowest BCUT2D eigenvalue weighted by atomic mass is 10.2. The standard InChI is InChI=1S/C12H15NO5/c1-17-11(15)7-10(14)8-13-18-12(16)9-5-3-2-4-6-9/h2-6,10,13-14H,7-8H2,1H3/t10-/m0/s1. The summed E-state index contributed by atoms with van der Waals surface area (Å²) in [5.74, 6) is -1.08. The molecule has 0 spiro atoms. The smallest absolute Gasteiger partial charge is 0.356 e. The number of aliphatic hydroxyl groups excluding tert-OH is 1. The molecule has 0 aliphatic heterocycles. The van der Waals surface area contributed by atoms with Crippen molar-refractivity contribution < 1.29 is 24.3 Å². The van der Waals surface area contributed by atoms with Gasteiger partial charge in [0.25, 0.3) is 0 Å². The van der Waals surface area contributed by atoms with Crippen molar-refractivity contribution in [2.24, 2.45) is 0 Å². The second-order valence-electron chi connectivity index (χ2n) is 3.54. The predicted molar refractivity (Wildman–Crippen MR) is 62.5 cm³/mol. The van der Waals surface area contributed by atoms with Gasteiger partial charge >= 0.3 is 11.9 Å². The second kappa shape index (κ2) is 7.41. The van der Waals surface area contributed by atoms with E-state index in [1.807, 2.05) is 0 Å². The first-order valence-corrected chi connectivity index (χ1v) is 5.37. The van der Waals surface area contributed by atoms with Gasteiger partial charge in [0.15, 0.2) is 0 Å². The maximum absolute atomic E-state index is 11.4. The van der Waals surface area contributed by atoms with Crippen molar-refractivity contribution in [3.63, 3.8) is 0 Å². The van der Waals surface area contributed by atoms with Crippen LogP contribution < -0.4 is 5.48 Å². The molecule has 0 aliphatic rings. The number of aliphatic hydroxyl groups is 1. The van der Waals surface area contributed by atoms with Crippen LogP contribution in [0.25, 0.3) is 0 Å². The molecule has 0 saturated carbocycles. The van der Waals surface area contributed by atoms with Crippen molar-refractivity contribution in [3.8, 4) is 0 Å². The molecular formula is C12H15NO5. The summed E-state index contributed by atoms with van der Waals surface area (Å²) in [6.45, 7) is -0.0479. The van der Waals surface area contributed by atoms with E-state index in [1.54, 1.807) is 30.3 Å². The summed E-state index contributed by atoms with van der Waals surface area (Å²) >= 11 is 0. The minimum Gasteiger partial charge on any atom is -0.469 e. The Morgan fingerprint density at radius 3 is 2.61 bits per heavy atom. The van der Waals surface area contributed by atoms with Crippen molar-refractivity contribution in [2.45, 2.75) is 12.5 Å². The molecule has 0 radical (unpaired) electrons. The van der Waals surface area contributed by atoms with Crippen LogP contribution in [0.1, 0.15) is 16.8 Å². The van der Waals surface area contributed by atoms with E-state index >= 15 is 0 Å². The number of benzene rings is 1. The number of ether oxygens (including phenoxy) is 1. The topological polar surface area (TPSA) is 84.9 Å². The summed E-state index contributed by atoms with van der Waals surface area (Å²) in [4.78, 5) is 27.0. The van der Waals surface area contributed by atoms with Crippen LogP contribution in [0, 0.1) is 0 Å². The summed E-state index contributed by atoms with van der Waals surface area (Å²) in [5, 5.41) is 9.38. The van der Waals surface area contributed by atoms with Crippen molar-refractivity contribution in [3.05, 3.63) is 35.9 Å². The quantitative estimate of drug-likeness (QED) is 0.559. The highest BCUT2D eigenvalue weighted by molar-refractivity contribution is 5.89. The summed E-state index contributed by atoms with van der Waals surface area (Å²) in [5.41, 5.74) is 2.70. The third-order valence-corrected chi connectivity index (χ3v) is 2.12. The molecule has 1 aromatic carbocycles. The average Bonchev–Trinajstić information content (AvgIpc) is 2.39. The minimum atomic E-state index is -0.971. The van der Waals surface area contributed by atoms with Gasteiger partial charge in [-0.1, -0.05) is 18.2 Å². The lowest BCUT2D eigenvalue weighted by Crippen LogP contribution is -2.31. The minimum absolute atomic E-state index is 0.0479. The molecule has 0 unspecified atom stereocenters. The van der Waals surface area contributed by atoms with Gasteiger partial charge in [-0.2, -0.15) is 5.48 Å². The van der Waals surface area contributed by atoms with Gasteiger partial charge in [0.1, 0.15) is 0 Å². The first-order valence-electron chi connectivity index (χ1n) is 5.37. The number of rotatable bonds is 6. The largest absolute Gasteiger partial charge is 0.469 e.